The molecule has 1 saturated carbocycles. The molecule has 0 aromatic carbocycles. The summed E-state index contributed by atoms with van der Waals surface area (Å²) in [5, 5.41) is 3.82. The molecular weight excluding hydrogens is 198 g/mol. The van der Waals surface area contributed by atoms with Gasteiger partial charge in [0.25, 0.3) is 0 Å². The third-order valence-electron chi connectivity index (χ3n) is 4.50. The van der Waals surface area contributed by atoms with E-state index in [0.717, 1.165) is 18.0 Å². The van der Waals surface area contributed by atoms with Crippen molar-refractivity contribution in [3.63, 3.8) is 0 Å². The molecule has 3 nitrogen and oxygen atoms in total. The molecule has 1 aliphatic carbocycles. The number of fused-ring (bicyclic) bond motifs is 3. The third-order valence-corrected chi connectivity index (χ3v) is 4.50. The minimum atomic E-state index is 0.781. The first-order chi connectivity index (χ1) is 7.88. The molecular formula is C13H25N3. The van der Waals surface area contributed by atoms with Crippen LogP contribution in [0.3, 0.4) is 0 Å². The number of hydrogen-bond donors (Lipinski definition) is 1. The van der Waals surface area contributed by atoms with Crippen molar-refractivity contribution in [2.75, 3.05) is 39.3 Å². The average Bonchev–Trinajstić information content (AvgIpc) is 3.16. The normalized spacial score (nSPS) is 39.9. The number of rotatable bonds is 5. The molecule has 16 heavy (non-hydrogen) atoms. The molecule has 0 aromatic rings. The summed E-state index contributed by atoms with van der Waals surface area (Å²) in [6.07, 6.45) is 4.19. The zero-order valence-corrected chi connectivity index (χ0v) is 10.5. The Kier molecular flexibility index (Phi) is 3.18. The summed E-state index contributed by atoms with van der Waals surface area (Å²) in [4.78, 5) is 5.40. The van der Waals surface area contributed by atoms with Gasteiger partial charge in [0.1, 0.15) is 0 Å². The molecule has 0 amide bonds. The van der Waals surface area contributed by atoms with E-state index in [4.69, 9.17) is 0 Å². The Morgan fingerprint density at radius 3 is 2.44 bits per heavy atom. The lowest BCUT2D eigenvalue weighted by atomic mass is 9.96. The number of hydrogen-bond acceptors (Lipinski definition) is 3. The van der Waals surface area contributed by atoms with E-state index in [1.807, 2.05) is 0 Å². The van der Waals surface area contributed by atoms with Crippen LogP contribution in [-0.2, 0) is 0 Å². The van der Waals surface area contributed by atoms with E-state index in [0.29, 0.717) is 0 Å². The summed E-state index contributed by atoms with van der Waals surface area (Å²) in [7, 11) is 0. The summed E-state index contributed by atoms with van der Waals surface area (Å²) in [5.74, 6) is 0.983. The smallest absolute Gasteiger partial charge is 0.0380 e. The highest BCUT2D eigenvalue weighted by atomic mass is 15.4. The first kappa shape index (κ1) is 11.0. The van der Waals surface area contributed by atoms with E-state index in [1.165, 1.54) is 58.5 Å². The summed E-state index contributed by atoms with van der Waals surface area (Å²) in [6, 6.07) is 1.59. The first-order valence-electron chi connectivity index (χ1n) is 7.08. The predicted molar refractivity (Wildman–Crippen MR) is 66.6 cm³/mol. The molecule has 3 heterocycles. The second-order valence-corrected chi connectivity index (χ2v) is 5.72. The summed E-state index contributed by atoms with van der Waals surface area (Å²) < 4.78 is 0. The molecule has 92 valence electrons. The number of nitrogens with one attached hydrogen (secondary N) is 1. The van der Waals surface area contributed by atoms with Gasteiger partial charge in [0, 0.05) is 44.8 Å². The van der Waals surface area contributed by atoms with Gasteiger partial charge in [-0.1, -0.05) is 6.92 Å². The van der Waals surface area contributed by atoms with Crippen molar-refractivity contribution in [3.05, 3.63) is 0 Å². The van der Waals surface area contributed by atoms with Crippen molar-refractivity contribution >= 4 is 0 Å². The van der Waals surface area contributed by atoms with Gasteiger partial charge >= 0.3 is 0 Å². The molecule has 4 rings (SSSR count). The molecule has 2 atom stereocenters. The maximum atomic E-state index is 3.82. The molecule has 2 unspecified atom stereocenters. The fourth-order valence-corrected chi connectivity index (χ4v) is 3.38. The van der Waals surface area contributed by atoms with E-state index in [9.17, 15) is 0 Å². The second-order valence-electron chi connectivity index (χ2n) is 5.72. The van der Waals surface area contributed by atoms with Crippen molar-refractivity contribution in [3.8, 4) is 0 Å². The van der Waals surface area contributed by atoms with Gasteiger partial charge in [-0.15, -0.1) is 0 Å². The molecule has 2 bridgehead atoms. The monoisotopic (exact) mass is 223 g/mol. The highest BCUT2D eigenvalue weighted by Crippen LogP contribution is 2.36. The first-order valence-corrected chi connectivity index (χ1v) is 7.08. The van der Waals surface area contributed by atoms with E-state index >= 15 is 0 Å². The lowest BCUT2D eigenvalue weighted by molar-refractivity contribution is -0.00665. The van der Waals surface area contributed by atoms with Crippen molar-refractivity contribution in [2.45, 2.75) is 38.3 Å². The van der Waals surface area contributed by atoms with Crippen molar-refractivity contribution in [2.24, 2.45) is 5.92 Å². The van der Waals surface area contributed by atoms with Gasteiger partial charge in [0.2, 0.25) is 0 Å². The zero-order chi connectivity index (χ0) is 11.0. The number of nitrogens with zero attached hydrogens (tertiary/aromatic N) is 2. The lowest BCUT2D eigenvalue weighted by Gasteiger charge is -2.50. The molecule has 0 radical (unpaired) electrons. The molecule has 0 spiro atoms. The van der Waals surface area contributed by atoms with Crippen molar-refractivity contribution in [1.82, 2.24) is 15.1 Å². The highest BCUT2D eigenvalue weighted by molar-refractivity contribution is 5.00. The summed E-state index contributed by atoms with van der Waals surface area (Å²) in [6.45, 7) is 10.0. The molecule has 3 heteroatoms. The highest BCUT2D eigenvalue weighted by Gasteiger charge is 2.42. The van der Waals surface area contributed by atoms with E-state index in [-0.39, 0.29) is 0 Å². The topological polar surface area (TPSA) is 18.5 Å². The van der Waals surface area contributed by atoms with Crippen molar-refractivity contribution < 1.29 is 0 Å². The molecule has 3 saturated heterocycles. The fourth-order valence-electron chi connectivity index (χ4n) is 3.38. The van der Waals surface area contributed by atoms with Crippen LogP contribution in [-0.4, -0.2) is 61.2 Å². The Balaban J connectivity index is 1.64. The standard InChI is InChI=1S/C13H25N3/c1-2-5-14-13(11-3-4-11)12-10-15-6-8-16(12)9-7-15/h11-14H,2-10H2,1H3. The SMILES string of the molecule is CCCNC(C1CC1)C1CN2CCN1CC2. The van der Waals surface area contributed by atoms with E-state index in [2.05, 4.69) is 22.0 Å². The summed E-state index contributed by atoms with van der Waals surface area (Å²) in [5.41, 5.74) is 0. The Labute approximate surface area is 99.2 Å². The second kappa shape index (κ2) is 4.63. The maximum Gasteiger partial charge on any atom is 0.0380 e. The summed E-state index contributed by atoms with van der Waals surface area (Å²) >= 11 is 0. The van der Waals surface area contributed by atoms with Gasteiger partial charge < -0.3 is 5.32 Å². The third kappa shape index (κ3) is 2.13. The van der Waals surface area contributed by atoms with E-state index in [1.54, 1.807) is 0 Å². The molecule has 4 aliphatic rings. The fraction of sp³-hybridized carbons (Fsp3) is 1.00. The van der Waals surface area contributed by atoms with Crippen LogP contribution in [0.5, 0.6) is 0 Å². The van der Waals surface area contributed by atoms with Gasteiger partial charge in [-0.05, 0) is 31.7 Å². The van der Waals surface area contributed by atoms with Crippen molar-refractivity contribution in [1.29, 1.82) is 0 Å². The largest absolute Gasteiger partial charge is 0.312 e. The minimum Gasteiger partial charge on any atom is -0.312 e. The Bertz CT molecular complexity index is 231. The maximum absolute atomic E-state index is 3.82. The van der Waals surface area contributed by atoms with Crippen LogP contribution in [0.15, 0.2) is 0 Å². The molecule has 1 N–H and O–H groups in total. The van der Waals surface area contributed by atoms with Crippen LogP contribution in [0.25, 0.3) is 0 Å². The quantitative estimate of drug-likeness (QED) is 0.742. The van der Waals surface area contributed by atoms with Crippen LogP contribution in [0, 0.1) is 5.92 Å². The zero-order valence-electron chi connectivity index (χ0n) is 10.5. The molecule has 3 aliphatic heterocycles. The van der Waals surface area contributed by atoms with Crippen LogP contribution in [0.1, 0.15) is 26.2 Å². The van der Waals surface area contributed by atoms with Crippen LogP contribution in [0.2, 0.25) is 0 Å². The van der Waals surface area contributed by atoms with Crippen LogP contribution in [0.4, 0.5) is 0 Å². The van der Waals surface area contributed by atoms with E-state index < -0.39 is 0 Å². The number of piperazine rings is 3. The van der Waals surface area contributed by atoms with Crippen LogP contribution < -0.4 is 5.32 Å². The Morgan fingerprint density at radius 1 is 1.19 bits per heavy atom. The van der Waals surface area contributed by atoms with Gasteiger partial charge in [0.05, 0.1) is 0 Å². The predicted octanol–water partition coefficient (Wildman–Crippen LogP) is 0.764. The Morgan fingerprint density at radius 2 is 1.94 bits per heavy atom. The van der Waals surface area contributed by atoms with Crippen LogP contribution >= 0.6 is 0 Å². The van der Waals surface area contributed by atoms with Gasteiger partial charge in [-0.25, -0.2) is 0 Å². The van der Waals surface area contributed by atoms with Gasteiger partial charge in [0.15, 0.2) is 0 Å². The van der Waals surface area contributed by atoms with Gasteiger partial charge in [-0.3, -0.25) is 9.80 Å². The minimum absolute atomic E-state index is 0.781. The molecule has 4 fully saturated rings. The lowest BCUT2D eigenvalue weighted by Crippen LogP contribution is -2.66. The van der Waals surface area contributed by atoms with Gasteiger partial charge in [-0.2, -0.15) is 0 Å². The Hall–Kier alpha value is -0.120. The molecule has 0 aromatic heterocycles. The average molecular weight is 223 g/mol.